The Kier molecular flexibility index (Phi) is 6.45. The van der Waals surface area contributed by atoms with E-state index < -0.39 is 12.8 Å². The number of carbonyl (C=O) groups excluding carboxylic acids is 1. The molecular formula is C18H19F3N6O3. The molecule has 0 aromatic carbocycles. The summed E-state index contributed by atoms with van der Waals surface area (Å²) in [6, 6.07) is 3.28. The minimum Gasteiger partial charge on any atom is -0.467 e. The van der Waals surface area contributed by atoms with Gasteiger partial charge in [0.1, 0.15) is 0 Å². The van der Waals surface area contributed by atoms with E-state index in [2.05, 4.69) is 30.3 Å². The Bertz CT molecular complexity index is 1040. The summed E-state index contributed by atoms with van der Waals surface area (Å²) in [6.45, 7) is 0.374. The zero-order valence-electron chi connectivity index (χ0n) is 16.0. The van der Waals surface area contributed by atoms with E-state index >= 15 is 0 Å². The molecule has 0 radical (unpaired) electrons. The third-order valence-electron chi connectivity index (χ3n) is 4.01. The van der Waals surface area contributed by atoms with Gasteiger partial charge in [0, 0.05) is 29.9 Å². The van der Waals surface area contributed by atoms with E-state index in [1.807, 2.05) is 0 Å². The number of aliphatic hydroxyl groups is 1. The van der Waals surface area contributed by atoms with Gasteiger partial charge in [0.15, 0.2) is 6.61 Å². The average Bonchev–Trinajstić information content (AvgIpc) is 3.08. The third kappa shape index (κ3) is 5.63. The molecule has 12 heteroatoms. The summed E-state index contributed by atoms with van der Waals surface area (Å²) in [5.41, 5.74) is 2.07. The predicted octanol–water partition coefficient (Wildman–Crippen LogP) is 1.17. The Morgan fingerprint density at radius 3 is 2.83 bits per heavy atom. The standard InChI is InChI=1S/C18H19F3N6O3/c1-11-6-12(24-25-17(11)30-10-18(19,20)21)8-27-9-13-14(26-27)2-3-22-15(13)7-16(29)23-4-5-28/h2-3,6,9,28H,4-5,7-8,10H2,1H3,(H,23,29). The van der Waals surface area contributed by atoms with Crippen LogP contribution < -0.4 is 10.1 Å². The van der Waals surface area contributed by atoms with Crippen LogP contribution in [0.5, 0.6) is 5.88 Å². The Morgan fingerprint density at radius 1 is 1.33 bits per heavy atom. The first-order valence-corrected chi connectivity index (χ1v) is 8.96. The molecule has 0 spiro atoms. The number of aromatic nitrogens is 5. The van der Waals surface area contributed by atoms with Crippen molar-refractivity contribution in [1.29, 1.82) is 0 Å². The molecule has 1 amide bonds. The first kappa shape index (κ1) is 21.4. The van der Waals surface area contributed by atoms with Crippen molar-refractivity contribution in [2.45, 2.75) is 26.1 Å². The lowest BCUT2D eigenvalue weighted by Gasteiger charge is -2.10. The third-order valence-corrected chi connectivity index (χ3v) is 4.01. The highest BCUT2D eigenvalue weighted by Crippen LogP contribution is 2.20. The molecule has 3 aromatic heterocycles. The van der Waals surface area contributed by atoms with Crippen LogP contribution in [-0.2, 0) is 17.8 Å². The summed E-state index contributed by atoms with van der Waals surface area (Å²) in [7, 11) is 0. The lowest BCUT2D eigenvalue weighted by molar-refractivity contribution is -0.154. The van der Waals surface area contributed by atoms with Gasteiger partial charge in [-0.3, -0.25) is 14.5 Å². The number of pyridine rings is 1. The second-order valence-corrected chi connectivity index (χ2v) is 6.50. The quantitative estimate of drug-likeness (QED) is 0.558. The number of fused-ring (bicyclic) bond motifs is 1. The van der Waals surface area contributed by atoms with Gasteiger partial charge in [-0.15, -0.1) is 10.2 Å². The van der Waals surface area contributed by atoms with Gasteiger partial charge < -0.3 is 15.2 Å². The van der Waals surface area contributed by atoms with Crippen molar-refractivity contribution in [3.63, 3.8) is 0 Å². The van der Waals surface area contributed by atoms with Crippen LogP contribution in [0.3, 0.4) is 0 Å². The van der Waals surface area contributed by atoms with Crippen molar-refractivity contribution >= 4 is 16.8 Å². The predicted molar refractivity (Wildman–Crippen MR) is 98.7 cm³/mol. The number of ether oxygens (including phenoxy) is 1. The Morgan fingerprint density at radius 2 is 2.13 bits per heavy atom. The number of hydrogen-bond acceptors (Lipinski definition) is 7. The minimum atomic E-state index is -4.46. The van der Waals surface area contributed by atoms with Crippen LogP contribution in [0, 0.1) is 6.92 Å². The zero-order valence-corrected chi connectivity index (χ0v) is 16.0. The fourth-order valence-corrected chi connectivity index (χ4v) is 2.75. The highest BCUT2D eigenvalue weighted by Gasteiger charge is 2.29. The Hall–Kier alpha value is -3.28. The van der Waals surface area contributed by atoms with Gasteiger partial charge in [-0.1, -0.05) is 0 Å². The lowest BCUT2D eigenvalue weighted by atomic mass is 10.2. The molecule has 9 nitrogen and oxygen atoms in total. The fourth-order valence-electron chi connectivity index (χ4n) is 2.75. The molecule has 0 saturated carbocycles. The molecule has 0 unspecified atom stereocenters. The monoisotopic (exact) mass is 424 g/mol. The van der Waals surface area contributed by atoms with E-state index in [1.54, 1.807) is 36.1 Å². The van der Waals surface area contributed by atoms with Crippen molar-refractivity contribution in [3.8, 4) is 5.88 Å². The summed E-state index contributed by atoms with van der Waals surface area (Å²) in [6.07, 6.45) is -1.16. The molecule has 0 fully saturated rings. The molecule has 0 aliphatic carbocycles. The van der Waals surface area contributed by atoms with Crippen LogP contribution in [0.4, 0.5) is 13.2 Å². The maximum atomic E-state index is 12.3. The smallest absolute Gasteiger partial charge is 0.422 e. The van der Waals surface area contributed by atoms with Crippen LogP contribution in [0.25, 0.3) is 10.9 Å². The molecule has 3 rings (SSSR count). The highest BCUT2D eigenvalue weighted by atomic mass is 19.4. The largest absolute Gasteiger partial charge is 0.467 e. The van der Waals surface area contributed by atoms with Crippen LogP contribution in [0.2, 0.25) is 0 Å². The van der Waals surface area contributed by atoms with E-state index in [9.17, 15) is 18.0 Å². The first-order valence-electron chi connectivity index (χ1n) is 8.96. The number of alkyl halides is 3. The zero-order chi connectivity index (χ0) is 21.7. The van der Waals surface area contributed by atoms with Gasteiger partial charge in [0.2, 0.25) is 11.8 Å². The lowest BCUT2D eigenvalue weighted by Crippen LogP contribution is -2.28. The second kappa shape index (κ2) is 9.03. The Balaban J connectivity index is 1.74. The molecule has 160 valence electrons. The Labute approximate surface area is 168 Å². The SMILES string of the molecule is Cc1cc(Cn2cc3c(CC(=O)NCCO)nccc3n2)nnc1OCC(F)(F)F. The number of rotatable bonds is 8. The summed E-state index contributed by atoms with van der Waals surface area (Å²) in [5.74, 6) is -0.449. The fraction of sp³-hybridized carbons (Fsp3) is 0.389. The average molecular weight is 424 g/mol. The molecule has 0 saturated heterocycles. The van der Waals surface area contributed by atoms with Gasteiger partial charge >= 0.3 is 6.18 Å². The van der Waals surface area contributed by atoms with Crippen LogP contribution >= 0.6 is 0 Å². The van der Waals surface area contributed by atoms with E-state index in [1.165, 1.54) is 0 Å². The van der Waals surface area contributed by atoms with Crippen molar-refractivity contribution in [3.05, 3.63) is 41.5 Å². The van der Waals surface area contributed by atoms with Gasteiger partial charge in [0.25, 0.3) is 0 Å². The van der Waals surface area contributed by atoms with Crippen molar-refractivity contribution in [1.82, 2.24) is 30.3 Å². The van der Waals surface area contributed by atoms with Crippen molar-refractivity contribution < 1.29 is 27.8 Å². The maximum absolute atomic E-state index is 12.3. The molecule has 30 heavy (non-hydrogen) atoms. The summed E-state index contributed by atoms with van der Waals surface area (Å²) >= 11 is 0. The molecule has 3 aromatic rings. The molecule has 0 aliphatic rings. The minimum absolute atomic E-state index is 0.0349. The first-order chi connectivity index (χ1) is 14.2. The van der Waals surface area contributed by atoms with Crippen LogP contribution in [-0.4, -0.2) is 61.9 Å². The summed E-state index contributed by atoms with van der Waals surface area (Å²) in [5, 5.41) is 24.1. The molecule has 2 N–H and O–H groups in total. The number of nitrogens with one attached hydrogen (secondary N) is 1. The number of carbonyl (C=O) groups is 1. The number of amides is 1. The number of hydrogen-bond donors (Lipinski definition) is 2. The maximum Gasteiger partial charge on any atom is 0.422 e. The number of aryl methyl sites for hydroxylation is 1. The van der Waals surface area contributed by atoms with E-state index in [0.29, 0.717) is 27.9 Å². The van der Waals surface area contributed by atoms with Gasteiger partial charge in [-0.05, 0) is 19.1 Å². The molecule has 0 aliphatic heterocycles. The van der Waals surface area contributed by atoms with Crippen molar-refractivity contribution in [2.75, 3.05) is 19.8 Å². The van der Waals surface area contributed by atoms with Gasteiger partial charge in [-0.25, -0.2) is 0 Å². The normalized spacial score (nSPS) is 11.6. The van der Waals surface area contributed by atoms with Crippen LogP contribution in [0.15, 0.2) is 24.5 Å². The van der Waals surface area contributed by atoms with E-state index in [0.717, 1.165) is 0 Å². The number of halogens is 3. The van der Waals surface area contributed by atoms with Crippen molar-refractivity contribution in [2.24, 2.45) is 0 Å². The summed E-state index contributed by atoms with van der Waals surface area (Å²) in [4.78, 5) is 16.1. The highest BCUT2D eigenvalue weighted by molar-refractivity contribution is 5.86. The molecular weight excluding hydrogens is 405 g/mol. The number of aliphatic hydroxyl groups excluding tert-OH is 1. The van der Waals surface area contributed by atoms with E-state index in [4.69, 9.17) is 5.11 Å². The van der Waals surface area contributed by atoms with E-state index in [-0.39, 0.29) is 37.9 Å². The summed E-state index contributed by atoms with van der Waals surface area (Å²) < 4.78 is 43.1. The molecule has 3 heterocycles. The van der Waals surface area contributed by atoms with Gasteiger partial charge in [0.05, 0.1) is 36.5 Å². The van der Waals surface area contributed by atoms with Crippen LogP contribution in [0.1, 0.15) is 17.0 Å². The topological polar surface area (TPSA) is 115 Å². The number of nitrogens with zero attached hydrogens (tertiary/aromatic N) is 5. The van der Waals surface area contributed by atoms with Gasteiger partial charge in [-0.2, -0.15) is 18.3 Å². The molecule has 0 atom stereocenters. The molecule has 0 bridgehead atoms. The second-order valence-electron chi connectivity index (χ2n) is 6.50.